The Bertz CT molecular complexity index is 409. The molecule has 21 heavy (non-hydrogen) atoms. The maximum absolute atomic E-state index is 11.6. The number of hydrogen-bond acceptors (Lipinski definition) is 2. The normalized spacial score (nSPS) is 10.5. The van der Waals surface area contributed by atoms with Crippen molar-refractivity contribution in [3.05, 3.63) is 35.9 Å². The van der Waals surface area contributed by atoms with Crippen molar-refractivity contribution in [2.45, 2.75) is 71.1 Å². The molecule has 0 aliphatic rings. The van der Waals surface area contributed by atoms with Gasteiger partial charge in [0.1, 0.15) is 0 Å². The van der Waals surface area contributed by atoms with Gasteiger partial charge in [-0.15, -0.1) is 0 Å². The van der Waals surface area contributed by atoms with Gasteiger partial charge in [-0.05, 0) is 31.2 Å². The molecule has 0 aliphatic heterocycles. The molecule has 1 aromatic rings. The Kier molecular flexibility index (Phi) is 9.43. The molecule has 0 amide bonds. The minimum Gasteiger partial charge on any atom is -0.291 e. The summed E-state index contributed by atoms with van der Waals surface area (Å²) in [4.78, 5) is 23.0. The predicted octanol–water partition coefficient (Wildman–Crippen LogP) is 4.90. The molecule has 0 radical (unpaired) electrons. The van der Waals surface area contributed by atoms with Crippen LogP contribution in [0.15, 0.2) is 30.3 Å². The van der Waals surface area contributed by atoms with E-state index in [4.69, 9.17) is 0 Å². The van der Waals surface area contributed by atoms with Crippen LogP contribution in [-0.2, 0) is 16.0 Å². The molecule has 0 spiro atoms. The maximum Gasteiger partial charge on any atom is 0.198 e. The van der Waals surface area contributed by atoms with Gasteiger partial charge in [0.2, 0.25) is 0 Å². The highest BCUT2D eigenvalue weighted by molar-refractivity contribution is 6.37. The van der Waals surface area contributed by atoms with Crippen LogP contribution >= 0.6 is 0 Å². The molecule has 1 rings (SSSR count). The van der Waals surface area contributed by atoms with Crippen molar-refractivity contribution in [3.63, 3.8) is 0 Å². The maximum atomic E-state index is 11.6. The van der Waals surface area contributed by atoms with Crippen LogP contribution in [0.3, 0.4) is 0 Å². The van der Waals surface area contributed by atoms with Crippen LogP contribution in [0.25, 0.3) is 0 Å². The third kappa shape index (κ3) is 8.44. The monoisotopic (exact) mass is 288 g/mol. The minimum atomic E-state index is -0.166. The van der Waals surface area contributed by atoms with Gasteiger partial charge in [-0.25, -0.2) is 0 Å². The van der Waals surface area contributed by atoms with E-state index in [1.807, 2.05) is 13.0 Å². The first-order chi connectivity index (χ1) is 10.2. The summed E-state index contributed by atoms with van der Waals surface area (Å²) >= 11 is 0. The average Bonchev–Trinajstić information content (AvgIpc) is 2.52. The Morgan fingerprint density at radius 2 is 1.33 bits per heavy atom. The van der Waals surface area contributed by atoms with Crippen molar-refractivity contribution in [1.29, 1.82) is 0 Å². The van der Waals surface area contributed by atoms with Crippen molar-refractivity contribution in [1.82, 2.24) is 0 Å². The smallest absolute Gasteiger partial charge is 0.198 e. The fourth-order valence-electron chi connectivity index (χ4n) is 2.41. The summed E-state index contributed by atoms with van der Waals surface area (Å²) in [5, 5.41) is 0. The molecular formula is C19H28O2. The Morgan fingerprint density at radius 3 is 2.00 bits per heavy atom. The molecule has 0 bridgehead atoms. The zero-order chi connectivity index (χ0) is 15.3. The molecule has 0 atom stereocenters. The molecule has 0 heterocycles. The van der Waals surface area contributed by atoms with Crippen LogP contribution in [0.4, 0.5) is 0 Å². The summed E-state index contributed by atoms with van der Waals surface area (Å²) in [6, 6.07) is 10.5. The van der Waals surface area contributed by atoms with E-state index in [9.17, 15) is 9.59 Å². The molecule has 0 unspecified atom stereocenters. The van der Waals surface area contributed by atoms with Gasteiger partial charge in [0.05, 0.1) is 0 Å². The third-order valence-electron chi connectivity index (χ3n) is 3.78. The lowest BCUT2D eigenvalue weighted by atomic mass is 10.0. The lowest BCUT2D eigenvalue weighted by Gasteiger charge is -2.02. The number of carbonyl (C=O) groups is 2. The van der Waals surface area contributed by atoms with Gasteiger partial charge in [-0.3, -0.25) is 9.59 Å². The summed E-state index contributed by atoms with van der Waals surface area (Å²) in [7, 11) is 0. The first kappa shape index (κ1) is 17.6. The van der Waals surface area contributed by atoms with Crippen molar-refractivity contribution in [2.75, 3.05) is 0 Å². The Labute approximate surface area is 128 Å². The van der Waals surface area contributed by atoms with Gasteiger partial charge in [0.25, 0.3) is 0 Å². The first-order valence-electron chi connectivity index (χ1n) is 8.34. The van der Waals surface area contributed by atoms with Crippen molar-refractivity contribution in [3.8, 4) is 0 Å². The average molecular weight is 288 g/mol. The Morgan fingerprint density at radius 1 is 0.762 bits per heavy atom. The van der Waals surface area contributed by atoms with Crippen molar-refractivity contribution >= 4 is 11.6 Å². The van der Waals surface area contributed by atoms with Gasteiger partial charge >= 0.3 is 0 Å². The highest BCUT2D eigenvalue weighted by atomic mass is 16.2. The van der Waals surface area contributed by atoms with E-state index in [2.05, 4.69) is 24.3 Å². The second kappa shape index (κ2) is 11.2. The SMILES string of the molecule is CCCCC(=O)C(=O)CCCCCCCc1ccccc1. The van der Waals surface area contributed by atoms with Crippen LogP contribution in [-0.4, -0.2) is 11.6 Å². The van der Waals surface area contributed by atoms with E-state index >= 15 is 0 Å². The van der Waals surface area contributed by atoms with Gasteiger partial charge in [-0.1, -0.05) is 62.9 Å². The second-order valence-corrected chi connectivity index (χ2v) is 5.70. The van der Waals surface area contributed by atoms with Crippen molar-refractivity contribution < 1.29 is 9.59 Å². The summed E-state index contributed by atoms with van der Waals surface area (Å²) in [6.45, 7) is 2.03. The van der Waals surface area contributed by atoms with Crippen LogP contribution < -0.4 is 0 Å². The highest BCUT2D eigenvalue weighted by Crippen LogP contribution is 2.10. The van der Waals surface area contributed by atoms with Crippen LogP contribution in [0.1, 0.15) is 70.3 Å². The lowest BCUT2D eigenvalue weighted by Crippen LogP contribution is -2.13. The second-order valence-electron chi connectivity index (χ2n) is 5.70. The minimum absolute atomic E-state index is 0.160. The molecule has 0 aromatic heterocycles. The fraction of sp³-hybridized carbons (Fsp3) is 0.579. The van der Waals surface area contributed by atoms with E-state index in [0.29, 0.717) is 12.8 Å². The molecule has 0 saturated carbocycles. The predicted molar refractivity (Wildman–Crippen MR) is 87.4 cm³/mol. The van der Waals surface area contributed by atoms with Gasteiger partial charge in [0.15, 0.2) is 11.6 Å². The first-order valence-corrected chi connectivity index (χ1v) is 8.34. The summed E-state index contributed by atoms with van der Waals surface area (Å²) in [5.41, 5.74) is 1.40. The lowest BCUT2D eigenvalue weighted by molar-refractivity contribution is -0.136. The molecule has 2 nitrogen and oxygen atoms in total. The zero-order valence-electron chi connectivity index (χ0n) is 13.3. The molecule has 0 aliphatic carbocycles. The number of aryl methyl sites for hydroxylation is 1. The van der Waals surface area contributed by atoms with Gasteiger partial charge in [0, 0.05) is 12.8 Å². The van der Waals surface area contributed by atoms with Gasteiger partial charge < -0.3 is 0 Å². The van der Waals surface area contributed by atoms with Gasteiger partial charge in [-0.2, -0.15) is 0 Å². The summed E-state index contributed by atoms with van der Waals surface area (Å²) < 4.78 is 0. The fourth-order valence-corrected chi connectivity index (χ4v) is 2.41. The van der Waals surface area contributed by atoms with Crippen LogP contribution in [0.5, 0.6) is 0 Å². The molecule has 116 valence electrons. The topological polar surface area (TPSA) is 34.1 Å². The number of unbranched alkanes of at least 4 members (excludes halogenated alkanes) is 5. The van der Waals surface area contributed by atoms with E-state index in [-0.39, 0.29) is 11.6 Å². The van der Waals surface area contributed by atoms with Crippen molar-refractivity contribution in [2.24, 2.45) is 0 Å². The zero-order valence-corrected chi connectivity index (χ0v) is 13.3. The molecule has 1 aromatic carbocycles. The molecule has 0 N–H and O–H groups in total. The molecular weight excluding hydrogens is 260 g/mol. The van der Waals surface area contributed by atoms with Crippen LogP contribution in [0, 0.1) is 0 Å². The number of ketones is 2. The van der Waals surface area contributed by atoms with Crippen LogP contribution in [0.2, 0.25) is 0 Å². The Hall–Kier alpha value is -1.44. The van der Waals surface area contributed by atoms with E-state index in [1.54, 1.807) is 0 Å². The summed E-state index contributed by atoms with van der Waals surface area (Å²) in [6.07, 6.45) is 9.31. The van der Waals surface area contributed by atoms with E-state index in [0.717, 1.165) is 38.5 Å². The largest absolute Gasteiger partial charge is 0.291 e. The van der Waals surface area contributed by atoms with E-state index < -0.39 is 0 Å². The molecule has 0 saturated heterocycles. The molecule has 0 fully saturated rings. The highest BCUT2D eigenvalue weighted by Gasteiger charge is 2.11. The number of benzene rings is 1. The number of carbonyl (C=O) groups excluding carboxylic acids is 2. The number of Topliss-reactive ketones (excluding diaryl/α,β-unsaturated/α-hetero) is 2. The molecule has 2 heteroatoms. The standard InChI is InChI=1S/C19H28O2/c1-2-3-15-18(20)19(21)16-11-6-4-5-8-12-17-13-9-7-10-14-17/h7,9-10,13-14H,2-6,8,11-12,15-16H2,1H3. The Balaban J connectivity index is 1.97. The number of rotatable bonds is 12. The summed E-state index contributed by atoms with van der Waals surface area (Å²) in [5.74, 6) is -0.325. The number of hydrogen-bond donors (Lipinski definition) is 0. The van der Waals surface area contributed by atoms with E-state index in [1.165, 1.54) is 18.4 Å². The quantitative estimate of drug-likeness (QED) is 0.405. The third-order valence-corrected chi connectivity index (χ3v) is 3.78.